The fourth-order valence-corrected chi connectivity index (χ4v) is 5.67. The second-order valence-electron chi connectivity index (χ2n) is 9.61. The molecule has 0 bridgehead atoms. The first-order valence-electron chi connectivity index (χ1n) is 12.5. The summed E-state index contributed by atoms with van der Waals surface area (Å²) in [6.45, 7) is 3.06. The second kappa shape index (κ2) is 10.2. The number of hydrazine groups is 1. The highest BCUT2D eigenvalue weighted by molar-refractivity contribution is 6.42. The number of amides is 2. The van der Waals surface area contributed by atoms with Crippen molar-refractivity contribution in [1.29, 1.82) is 0 Å². The summed E-state index contributed by atoms with van der Waals surface area (Å²) in [5.41, 5.74) is 9.71. The Bertz CT molecular complexity index is 1290. The zero-order chi connectivity index (χ0) is 27.2. The fraction of sp³-hybridized carbons (Fsp3) is 0.480. The molecule has 9 nitrogen and oxygen atoms in total. The molecule has 2 amide bonds. The predicted octanol–water partition coefficient (Wildman–Crippen LogP) is 3.29. The van der Waals surface area contributed by atoms with Crippen molar-refractivity contribution < 1.29 is 27.5 Å². The molecule has 2 atom stereocenters. The highest BCUT2D eigenvalue weighted by atomic mass is 35.5. The van der Waals surface area contributed by atoms with Crippen molar-refractivity contribution >= 4 is 23.4 Å². The summed E-state index contributed by atoms with van der Waals surface area (Å²) in [6, 6.07) is 4.51. The first-order valence-corrected chi connectivity index (χ1v) is 12.8. The van der Waals surface area contributed by atoms with E-state index in [1.54, 1.807) is 6.92 Å². The summed E-state index contributed by atoms with van der Waals surface area (Å²) in [5, 5.41) is 5.85. The van der Waals surface area contributed by atoms with Crippen LogP contribution in [0.15, 0.2) is 35.0 Å². The molecule has 204 valence electrons. The number of rotatable bonds is 5. The Morgan fingerprint density at radius 3 is 2.74 bits per heavy atom. The lowest BCUT2D eigenvalue weighted by atomic mass is 9.99. The number of alkyl halides is 3. The molecule has 1 saturated heterocycles. The number of hydrogen-bond acceptors (Lipinski definition) is 6. The van der Waals surface area contributed by atoms with Crippen LogP contribution in [0.2, 0.25) is 0 Å². The largest absolute Gasteiger partial charge is 0.416 e. The standard InChI is InChI=1S/C25H28ClF3N6O3/c1-14(15-6-2-3-7-17(15)25(27,28)29)34-18-9-10-33(13-16(18)22(32-34)23(30)36)19-12-31-35(24(37)21(19)26)20-8-4-5-11-38-20/h2-3,6-7,14,20,31H,4-5,8-13H2,1H3,(H2,30,36). The first kappa shape index (κ1) is 26.5. The van der Waals surface area contributed by atoms with E-state index in [0.717, 1.165) is 18.9 Å². The van der Waals surface area contributed by atoms with E-state index in [9.17, 15) is 22.8 Å². The number of ether oxygens (including phenoxy) is 1. The number of fused-ring (bicyclic) bond motifs is 1. The van der Waals surface area contributed by atoms with Gasteiger partial charge in [-0.3, -0.25) is 14.3 Å². The molecule has 3 N–H and O–H groups in total. The zero-order valence-corrected chi connectivity index (χ0v) is 21.5. The van der Waals surface area contributed by atoms with E-state index in [1.807, 2.05) is 4.90 Å². The van der Waals surface area contributed by atoms with Crippen LogP contribution in [0.1, 0.15) is 65.1 Å². The fourth-order valence-electron chi connectivity index (χ4n) is 5.39. The quantitative estimate of drug-likeness (QED) is 0.590. The van der Waals surface area contributed by atoms with Crippen LogP contribution in [-0.4, -0.2) is 57.4 Å². The maximum Gasteiger partial charge on any atom is 0.416 e. The number of aromatic nitrogens is 2. The summed E-state index contributed by atoms with van der Waals surface area (Å²) in [4.78, 5) is 27.2. The molecule has 1 aromatic carbocycles. The van der Waals surface area contributed by atoms with Gasteiger partial charge in [0.25, 0.3) is 11.8 Å². The third-order valence-electron chi connectivity index (χ3n) is 7.30. The number of halogens is 4. The summed E-state index contributed by atoms with van der Waals surface area (Å²) in [6.07, 6.45) is -1.96. The van der Waals surface area contributed by atoms with Gasteiger partial charge in [0.15, 0.2) is 5.69 Å². The van der Waals surface area contributed by atoms with E-state index in [2.05, 4.69) is 10.5 Å². The average molecular weight is 553 g/mol. The van der Waals surface area contributed by atoms with Gasteiger partial charge in [-0.1, -0.05) is 29.8 Å². The molecule has 3 aliphatic heterocycles. The lowest BCUT2D eigenvalue weighted by Crippen LogP contribution is -2.56. The molecule has 3 aliphatic rings. The van der Waals surface area contributed by atoms with Gasteiger partial charge in [0, 0.05) is 37.4 Å². The molecule has 38 heavy (non-hydrogen) atoms. The Hall–Kier alpha value is -3.09. The van der Waals surface area contributed by atoms with Crippen LogP contribution >= 0.6 is 11.6 Å². The van der Waals surface area contributed by atoms with Gasteiger partial charge in [-0.25, -0.2) is 10.4 Å². The minimum atomic E-state index is -4.54. The smallest absolute Gasteiger partial charge is 0.367 e. The number of nitrogens with zero attached hydrogens (tertiary/aromatic N) is 4. The summed E-state index contributed by atoms with van der Waals surface area (Å²) in [5.74, 6) is -1.18. The molecule has 5 rings (SSSR count). The van der Waals surface area contributed by atoms with Crippen molar-refractivity contribution in [2.75, 3.05) is 19.7 Å². The van der Waals surface area contributed by atoms with Crippen LogP contribution in [0, 0.1) is 0 Å². The SMILES string of the molecule is CC(c1ccccc1C(F)(F)F)n1nc(C(N)=O)c2c1CCN(C1=C(Cl)C(=O)N(C3CCCCO3)NC1)C2. The Labute approximate surface area is 222 Å². The second-order valence-corrected chi connectivity index (χ2v) is 9.99. The molecule has 1 aromatic heterocycles. The Morgan fingerprint density at radius 1 is 1.29 bits per heavy atom. The van der Waals surface area contributed by atoms with Gasteiger partial charge in [-0.05, 0) is 37.8 Å². The number of nitrogens with one attached hydrogen (secondary N) is 1. The Balaban J connectivity index is 1.45. The molecule has 13 heteroatoms. The highest BCUT2D eigenvalue weighted by Crippen LogP contribution is 2.37. The predicted molar refractivity (Wildman–Crippen MR) is 131 cm³/mol. The van der Waals surface area contributed by atoms with E-state index in [1.165, 1.54) is 27.9 Å². The molecule has 0 radical (unpaired) electrons. The maximum absolute atomic E-state index is 13.7. The average Bonchev–Trinajstić information content (AvgIpc) is 3.29. The van der Waals surface area contributed by atoms with Gasteiger partial charge < -0.3 is 15.4 Å². The van der Waals surface area contributed by atoms with Crippen molar-refractivity contribution in [3.05, 3.63) is 63.1 Å². The topological polar surface area (TPSA) is 106 Å². The van der Waals surface area contributed by atoms with E-state index in [-0.39, 0.29) is 35.6 Å². The van der Waals surface area contributed by atoms with Gasteiger partial charge in [0.2, 0.25) is 0 Å². The van der Waals surface area contributed by atoms with Crippen molar-refractivity contribution in [3.63, 3.8) is 0 Å². The molecular weight excluding hydrogens is 525 g/mol. The molecule has 4 heterocycles. The van der Waals surface area contributed by atoms with Gasteiger partial charge in [0.05, 0.1) is 23.8 Å². The number of nitrogens with two attached hydrogens (primary N) is 1. The summed E-state index contributed by atoms with van der Waals surface area (Å²) >= 11 is 6.54. The van der Waals surface area contributed by atoms with Crippen molar-refractivity contribution in [2.45, 2.75) is 57.6 Å². The number of hydrogen-bond donors (Lipinski definition) is 2. The summed E-state index contributed by atoms with van der Waals surface area (Å²) in [7, 11) is 0. The van der Waals surface area contributed by atoms with Crippen LogP contribution in [0.3, 0.4) is 0 Å². The molecule has 0 spiro atoms. The van der Waals surface area contributed by atoms with Crippen LogP contribution in [0.4, 0.5) is 13.2 Å². The van der Waals surface area contributed by atoms with Crippen LogP contribution in [0.25, 0.3) is 0 Å². The first-order chi connectivity index (χ1) is 18.1. The lowest BCUT2D eigenvalue weighted by molar-refractivity contribution is -0.156. The van der Waals surface area contributed by atoms with Crippen molar-refractivity contribution in [2.24, 2.45) is 5.73 Å². The number of carbonyl (C=O) groups excluding carboxylic acids is 2. The van der Waals surface area contributed by atoms with Gasteiger partial charge in [0.1, 0.15) is 11.3 Å². The molecule has 0 saturated carbocycles. The minimum Gasteiger partial charge on any atom is -0.367 e. The molecule has 1 fully saturated rings. The van der Waals surface area contributed by atoms with Crippen LogP contribution in [0.5, 0.6) is 0 Å². The highest BCUT2D eigenvalue weighted by Gasteiger charge is 2.38. The van der Waals surface area contributed by atoms with Crippen LogP contribution < -0.4 is 11.2 Å². The summed E-state index contributed by atoms with van der Waals surface area (Å²) < 4.78 is 48.3. The van der Waals surface area contributed by atoms with Gasteiger partial charge in [-0.2, -0.15) is 18.3 Å². The van der Waals surface area contributed by atoms with E-state index < -0.39 is 29.6 Å². The third kappa shape index (κ3) is 4.76. The van der Waals surface area contributed by atoms with Gasteiger partial charge in [-0.15, -0.1) is 0 Å². The molecule has 0 aliphatic carbocycles. The number of carbonyl (C=O) groups is 2. The molecule has 2 aromatic rings. The van der Waals surface area contributed by atoms with E-state index >= 15 is 0 Å². The van der Waals surface area contributed by atoms with Gasteiger partial charge >= 0.3 is 6.18 Å². The number of benzene rings is 1. The molecule has 2 unspecified atom stereocenters. The van der Waals surface area contributed by atoms with E-state index in [0.29, 0.717) is 42.9 Å². The Morgan fingerprint density at radius 2 is 2.05 bits per heavy atom. The van der Waals surface area contributed by atoms with E-state index in [4.69, 9.17) is 22.1 Å². The van der Waals surface area contributed by atoms with Crippen molar-refractivity contribution in [1.82, 2.24) is 25.1 Å². The lowest BCUT2D eigenvalue weighted by Gasteiger charge is -2.40. The zero-order valence-electron chi connectivity index (χ0n) is 20.7. The van der Waals surface area contributed by atoms with Crippen LogP contribution in [-0.2, 0) is 28.7 Å². The number of primary amides is 1. The normalized spacial score (nSPS) is 21.5. The van der Waals surface area contributed by atoms with Crippen molar-refractivity contribution in [3.8, 4) is 0 Å². The molecular formula is C25H28ClF3N6O3. The minimum absolute atomic E-state index is 0.00918. The third-order valence-corrected chi connectivity index (χ3v) is 7.68. The Kier molecular flexibility index (Phi) is 7.14. The maximum atomic E-state index is 13.7. The monoisotopic (exact) mass is 552 g/mol.